The highest BCUT2D eigenvalue weighted by Gasteiger charge is 2.16. The first kappa shape index (κ1) is 11.9. The van der Waals surface area contributed by atoms with Gasteiger partial charge < -0.3 is 4.42 Å². The first-order chi connectivity index (χ1) is 8.66. The van der Waals surface area contributed by atoms with Crippen LogP contribution in [-0.2, 0) is 0 Å². The standard InChI is InChI=1S/C14H7Cl3O/c15-9-6-10-12(17)13(8-4-2-1-3-5-8)18-14(10)11(16)7-9/h1-7H. The number of furan rings is 1. The average molecular weight is 298 g/mol. The smallest absolute Gasteiger partial charge is 0.155 e. The second kappa shape index (κ2) is 4.51. The van der Waals surface area contributed by atoms with Gasteiger partial charge in [0.05, 0.1) is 10.0 Å². The first-order valence-corrected chi connectivity index (χ1v) is 6.42. The van der Waals surface area contributed by atoms with E-state index < -0.39 is 0 Å². The number of rotatable bonds is 1. The summed E-state index contributed by atoms with van der Waals surface area (Å²) in [6.45, 7) is 0. The highest BCUT2D eigenvalue weighted by Crippen LogP contribution is 2.41. The maximum atomic E-state index is 6.32. The van der Waals surface area contributed by atoms with Crippen LogP contribution in [0.5, 0.6) is 0 Å². The highest BCUT2D eigenvalue weighted by atomic mass is 35.5. The predicted octanol–water partition coefficient (Wildman–Crippen LogP) is 6.06. The van der Waals surface area contributed by atoms with E-state index in [1.807, 2.05) is 30.3 Å². The van der Waals surface area contributed by atoms with E-state index in [-0.39, 0.29) is 0 Å². The van der Waals surface area contributed by atoms with Gasteiger partial charge in [-0.25, -0.2) is 0 Å². The van der Waals surface area contributed by atoms with E-state index in [0.29, 0.717) is 26.4 Å². The lowest BCUT2D eigenvalue weighted by atomic mass is 10.1. The van der Waals surface area contributed by atoms with Crippen molar-refractivity contribution >= 4 is 45.8 Å². The molecule has 0 fully saturated rings. The van der Waals surface area contributed by atoms with Gasteiger partial charge in [-0.1, -0.05) is 65.1 Å². The Balaban J connectivity index is 2.33. The minimum atomic E-state index is 0.460. The van der Waals surface area contributed by atoms with E-state index in [2.05, 4.69) is 0 Å². The van der Waals surface area contributed by atoms with Crippen molar-refractivity contribution < 1.29 is 4.42 Å². The maximum Gasteiger partial charge on any atom is 0.155 e. The third-order valence-electron chi connectivity index (χ3n) is 2.68. The van der Waals surface area contributed by atoms with Crippen LogP contribution in [-0.4, -0.2) is 0 Å². The molecule has 0 N–H and O–H groups in total. The molecule has 18 heavy (non-hydrogen) atoms. The Bertz CT molecular complexity index is 717. The Morgan fingerprint density at radius 2 is 1.61 bits per heavy atom. The Kier molecular flexibility index (Phi) is 2.98. The second-order valence-corrected chi connectivity index (χ2v) is 5.10. The Morgan fingerprint density at radius 3 is 2.33 bits per heavy atom. The lowest BCUT2D eigenvalue weighted by Gasteiger charge is -1.95. The summed E-state index contributed by atoms with van der Waals surface area (Å²) in [4.78, 5) is 0. The van der Waals surface area contributed by atoms with Crippen molar-refractivity contribution in [3.05, 3.63) is 57.5 Å². The molecule has 0 saturated heterocycles. The lowest BCUT2D eigenvalue weighted by Crippen LogP contribution is -1.72. The van der Waals surface area contributed by atoms with Gasteiger partial charge in [-0.05, 0) is 12.1 Å². The van der Waals surface area contributed by atoms with Gasteiger partial charge in [-0.2, -0.15) is 0 Å². The Labute approximate surface area is 119 Å². The lowest BCUT2D eigenvalue weighted by molar-refractivity contribution is 0.632. The maximum absolute atomic E-state index is 6.32. The van der Waals surface area contributed by atoms with Crippen molar-refractivity contribution in [2.75, 3.05) is 0 Å². The minimum Gasteiger partial charge on any atom is -0.453 e. The zero-order chi connectivity index (χ0) is 12.7. The largest absolute Gasteiger partial charge is 0.453 e. The van der Waals surface area contributed by atoms with E-state index >= 15 is 0 Å². The van der Waals surface area contributed by atoms with Gasteiger partial charge in [0.25, 0.3) is 0 Å². The average Bonchev–Trinajstić information content (AvgIpc) is 2.69. The van der Waals surface area contributed by atoms with Crippen LogP contribution in [0, 0.1) is 0 Å². The van der Waals surface area contributed by atoms with Gasteiger partial charge in [0.1, 0.15) is 0 Å². The van der Waals surface area contributed by atoms with Crippen LogP contribution in [0.15, 0.2) is 46.9 Å². The quantitative estimate of drug-likeness (QED) is 0.532. The number of benzene rings is 2. The molecular formula is C14H7Cl3O. The first-order valence-electron chi connectivity index (χ1n) is 5.29. The van der Waals surface area contributed by atoms with Crippen molar-refractivity contribution in [3.63, 3.8) is 0 Å². The molecule has 2 aromatic carbocycles. The molecular weight excluding hydrogens is 291 g/mol. The Hall–Kier alpha value is -1.15. The summed E-state index contributed by atoms with van der Waals surface area (Å²) in [7, 11) is 0. The van der Waals surface area contributed by atoms with Crippen molar-refractivity contribution in [1.29, 1.82) is 0 Å². The molecule has 4 heteroatoms. The predicted molar refractivity (Wildman–Crippen MR) is 76.7 cm³/mol. The second-order valence-electron chi connectivity index (χ2n) is 3.88. The fourth-order valence-electron chi connectivity index (χ4n) is 1.87. The minimum absolute atomic E-state index is 0.460. The normalized spacial score (nSPS) is 11.1. The molecule has 3 aromatic rings. The fourth-order valence-corrected chi connectivity index (χ4v) is 2.69. The van der Waals surface area contributed by atoms with E-state index in [0.717, 1.165) is 10.9 Å². The van der Waals surface area contributed by atoms with Crippen molar-refractivity contribution in [2.24, 2.45) is 0 Å². The molecule has 0 aliphatic heterocycles. The topological polar surface area (TPSA) is 13.1 Å². The number of fused-ring (bicyclic) bond motifs is 1. The SMILES string of the molecule is Clc1cc(Cl)c2oc(-c3ccccc3)c(Cl)c2c1. The van der Waals surface area contributed by atoms with Gasteiger partial charge in [0.2, 0.25) is 0 Å². The molecule has 0 amide bonds. The molecule has 0 saturated carbocycles. The third kappa shape index (κ3) is 1.89. The van der Waals surface area contributed by atoms with Gasteiger partial charge in [0, 0.05) is 16.0 Å². The fraction of sp³-hybridized carbons (Fsp3) is 0. The van der Waals surface area contributed by atoms with Crippen molar-refractivity contribution in [1.82, 2.24) is 0 Å². The molecule has 1 nitrogen and oxygen atoms in total. The van der Waals surface area contributed by atoms with Crippen LogP contribution in [0.4, 0.5) is 0 Å². The zero-order valence-electron chi connectivity index (χ0n) is 9.08. The molecule has 0 spiro atoms. The number of halogens is 3. The van der Waals surface area contributed by atoms with E-state index in [4.69, 9.17) is 39.2 Å². The summed E-state index contributed by atoms with van der Waals surface area (Å²) in [6, 6.07) is 13.0. The summed E-state index contributed by atoms with van der Waals surface area (Å²) >= 11 is 18.4. The summed E-state index contributed by atoms with van der Waals surface area (Å²) in [5, 5.41) is 2.25. The molecule has 1 heterocycles. The molecule has 3 rings (SSSR count). The van der Waals surface area contributed by atoms with Gasteiger partial charge in [-0.3, -0.25) is 0 Å². The molecule has 0 aliphatic carbocycles. The van der Waals surface area contributed by atoms with E-state index in [1.54, 1.807) is 12.1 Å². The summed E-state index contributed by atoms with van der Waals surface area (Å²) in [6.07, 6.45) is 0. The van der Waals surface area contributed by atoms with Crippen LogP contribution < -0.4 is 0 Å². The molecule has 90 valence electrons. The van der Waals surface area contributed by atoms with Gasteiger partial charge in [-0.15, -0.1) is 0 Å². The van der Waals surface area contributed by atoms with Crippen LogP contribution >= 0.6 is 34.8 Å². The van der Waals surface area contributed by atoms with Crippen LogP contribution in [0.3, 0.4) is 0 Å². The number of hydrogen-bond acceptors (Lipinski definition) is 1. The van der Waals surface area contributed by atoms with E-state index in [1.165, 1.54) is 0 Å². The Morgan fingerprint density at radius 1 is 0.889 bits per heavy atom. The van der Waals surface area contributed by atoms with Gasteiger partial charge >= 0.3 is 0 Å². The van der Waals surface area contributed by atoms with Crippen LogP contribution in [0.1, 0.15) is 0 Å². The molecule has 0 atom stereocenters. The van der Waals surface area contributed by atoms with Crippen molar-refractivity contribution in [2.45, 2.75) is 0 Å². The monoisotopic (exact) mass is 296 g/mol. The highest BCUT2D eigenvalue weighted by molar-refractivity contribution is 6.42. The van der Waals surface area contributed by atoms with Crippen LogP contribution in [0.2, 0.25) is 15.1 Å². The zero-order valence-corrected chi connectivity index (χ0v) is 11.4. The summed E-state index contributed by atoms with van der Waals surface area (Å²) in [5.41, 5.74) is 1.47. The van der Waals surface area contributed by atoms with E-state index in [9.17, 15) is 0 Å². The van der Waals surface area contributed by atoms with Gasteiger partial charge in [0.15, 0.2) is 11.3 Å². The molecule has 0 aliphatic rings. The summed E-state index contributed by atoms with van der Waals surface area (Å²) < 4.78 is 5.75. The van der Waals surface area contributed by atoms with Crippen molar-refractivity contribution in [3.8, 4) is 11.3 Å². The molecule has 0 radical (unpaired) electrons. The molecule has 0 bridgehead atoms. The summed E-state index contributed by atoms with van der Waals surface area (Å²) in [5.74, 6) is 0.608. The third-order valence-corrected chi connectivity index (χ3v) is 3.56. The molecule has 1 aromatic heterocycles. The molecule has 0 unspecified atom stereocenters. The number of hydrogen-bond donors (Lipinski definition) is 0. The van der Waals surface area contributed by atoms with Crippen LogP contribution in [0.25, 0.3) is 22.3 Å².